The van der Waals surface area contributed by atoms with E-state index in [1.54, 1.807) is 6.92 Å². The number of alkyl halides is 3. The Bertz CT molecular complexity index is 937. The Morgan fingerprint density at radius 3 is 2.47 bits per heavy atom. The lowest BCUT2D eigenvalue weighted by molar-refractivity contribution is -0.274. The maximum atomic E-state index is 14.3. The molecule has 0 aliphatic carbocycles. The summed E-state index contributed by atoms with van der Waals surface area (Å²) >= 11 is 0. The van der Waals surface area contributed by atoms with Gasteiger partial charge in [0.25, 0.3) is 5.91 Å². The topological polar surface area (TPSA) is 132 Å². The van der Waals surface area contributed by atoms with Crippen molar-refractivity contribution in [2.24, 2.45) is 17.4 Å². The summed E-state index contributed by atoms with van der Waals surface area (Å²) in [6.45, 7) is 1.71. The predicted octanol–water partition coefficient (Wildman–Crippen LogP) is 2.89. The van der Waals surface area contributed by atoms with Crippen LogP contribution >= 0.6 is 0 Å². The lowest BCUT2D eigenvalue weighted by Gasteiger charge is -2.16. The first-order valence-electron chi connectivity index (χ1n) is 8.66. The molecule has 2 amide bonds. The SMILES string of the molecule is CC[C@@H](CNc1nc(Nc2cccc(OC(F)(F)F)c2)c(C(N)=O)cc1F)C(N)=O. The first-order chi connectivity index (χ1) is 14.0. The van der Waals surface area contributed by atoms with Gasteiger partial charge in [0.15, 0.2) is 11.6 Å². The molecule has 0 unspecified atom stereocenters. The van der Waals surface area contributed by atoms with Gasteiger partial charge in [0.2, 0.25) is 5.91 Å². The highest BCUT2D eigenvalue weighted by Gasteiger charge is 2.31. The fraction of sp³-hybridized carbons (Fsp3) is 0.278. The Labute approximate surface area is 168 Å². The average molecular weight is 429 g/mol. The lowest BCUT2D eigenvalue weighted by atomic mass is 10.1. The lowest BCUT2D eigenvalue weighted by Crippen LogP contribution is -2.29. The van der Waals surface area contributed by atoms with E-state index >= 15 is 0 Å². The first-order valence-corrected chi connectivity index (χ1v) is 8.66. The maximum Gasteiger partial charge on any atom is 0.573 e. The van der Waals surface area contributed by atoms with Gasteiger partial charge in [-0.25, -0.2) is 9.37 Å². The zero-order chi connectivity index (χ0) is 22.5. The molecular formula is C18H19F4N5O3. The van der Waals surface area contributed by atoms with Crippen LogP contribution in [0.3, 0.4) is 0 Å². The normalized spacial score (nSPS) is 12.2. The molecule has 12 heteroatoms. The Kier molecular flexibility index (Phi) is 7.03. The summed E-state index contributed by atoms with van der Waals surface area (Å²) in [5.41, 5.74) is 10.2. The number of amides is 2. The average Bonchev–Trinajstić information content (AvgIpc) is 2.62. The highest BCUT2D eigenvalue weighted by molar-refractivity contribution is 5.98. The van der Waals surface area contributed by atoms with Crippen LogP contribution in [0, 0.1) is 11.7 Å². The van der Waals surface area contributed by atoms with Gasteiger partial charge in [-0.2, -0.15) is 0 Å². The second-order valence-corrected chi connectivity index (χ2v) is 6.17. The van der Waals surface area contributed by atoms with Crippen molar-refractivity contribution in [1.29, 1.82) is 0 Å². The summed E-state index contributed by atoms with van der Waals surface area (Å²) < 4.78 is 55.4. The molecular weight excluding hydrogens is 410 g/mol. The maximum absolute atomic E-state index is 14.3. The number of rotatable bonds is 9. The van der Waals surface area contributed by atoms with Gasteiger partial charge < -0.3 is 26.8 Å². The van der Waals surface area contributed by atoms with Gasteiger partial charge in [-0.15, -0.1) is 13.2 Å². The second-order valence-electron chi connectivity index (χ2n) is 6.17. The van der Waals surface area contributed by atoms with E-state index in [1.165, 1.54) is 12.1 Å². The number of carbonyl (C=O) groups excluding carboxylic acids is 2. The van der Waals surface area contributed by atoms with E-state index in [1.807, 2.05) is 0 Å². The van der Waals surface area contributed by atoms with Gasteiger partial charge in [-0.05, 0) is 24.6 Å². The zero-order valence-electron chi connectivity index (χ0n) is 15.7. The molecule has 8 nitrogen and oxygen atoms in total. The number of hydrogen-bond donors (Lipinski definition) is 4. The fourth-order valence-corrected chi connectivity index (χ4v) is 2.47. The van der Waals surface area contributed by atoms with Gasteiger partial charge in [-0.1, -0.05) is 13.0 Å². The zero-order valence-corrected chi connectivity index (χ0v) is 15.7. The summed E-state index contributed by atoms with van der Waals surface area (Å²) in [6, 6.07) is 5.56. The molecule has 2 rings (SSSR count). The molecule has 0 saturated carbocycles. The van der Waals surface area contributed by atoms with Gasteiger partial charge in [0.1, 0.15) is 11.6 Å². The highest BCUT2D eigenvalue weighted by atomic mass is 19.4. The number of nitrogens with zero attached hydrogens (tertiary/aromatic N) is 1. The molecule has 1 aromatic heterocycles. The molecule has 0 radical (unpaired) electrons. The van der Waals surface area contributed by atoms with Crippen LogP contribution in [-0.4, -0.2) is 29.7 Å². The minimum atomic E-state index is -4.89. The van der Waals surface area contributed by atoms with Crippen LogP contribution in [0.4, 0.5) is 34.9 Å². The van der Waals surface area contributed by atoms with E-state index in [-0.39, 0.29) is 29.4 Å². The number of benzene rings is 1. The minimum absolute atomic E-state index is 0.0139. The van der Waals surface area contributed by atoms with Gasteiger partial charge in [0.05, 0.1) is 11.5 Å². The van der Waals surface area contributed by atoms with Crippen molar-refractivity contribution < 1.29 is 31.9 Å². The van der Waals surface area contributed by atoms with Crippen molar-refractivity contribution in [2.75, 3.05) is 17.2 Å². The van der Waals surface area contributed by atoms with Crippen molar-refractivity contribution in [3.8, 4) is 5.75 Å². The van der Waals surface area contributed by atoms with E-state index < -0.39 is 35.7 Å². The van der Waals surface area contributed by atoms with E-state index in [4.69, 9.17) is 11.5 Å². The molecule has 0 bridgehead atoms. The summed E-state index contributed by atoms with van der Waals surface area (Å²) in [5, 5.41) is 5.24. The Hall–Kier alpha value is -3.57. The van der Waals surface area contributed by atoms with Gasteiger partial charge >= 0.3 is 6.36 Å². The van der Waals surface area contributed by atoms with E-state index in [0.29, 0.717) is 6.42 Å². The number of nitrogens with two attached hydrogens (primary N) is 2. The third kappa shape index (κ3) is 6.22. The molecule has 30 heavy (non-hydrogen) atoms. The Morgan fingerprint density at radius 1 is 1.20 bits per heavy atom. The van der Waals surface area contributed by atoms with Crippen LogP contribution < -0.4 is 26.8 Å². The number of carbonyl (C=O) groups is 2. The minimum Gasteiger partial charge on any atom is -0.406 e. The molecule has 162 valence electrons. The molecule has 0 fully saturated rings. The van der Waals surface area contributed by atoms with Crippen LogP contribution in [0.25, 0.3) is 0 Å². The number of primary amides is 2. The van der Waals surface area contributed by atoms with Crippen LogP contribution in [0.2, 0.25) is 0 Å². The molecule has 0 aliphatic rings. The summed E-state index contributed by atoms with van der Waals surface area (Å²) in [5.74, 6) is -4.12. The number of nitrogens with one attached hydrogen (secondary N) is 2. The van der Waals surface area contributed by atoms with Crippen LogP contribution in [-0.2, 0) is 4.79 Å². The summed E-state index contributed by atoms with van der Waals surface area (Å²) in [6.07, 6.45) is -4.49. The van der Waals surface area contributed by atoms with Crippen molar-refractivity contribution in [3.63, 3.8) is 0 Å². The number of hydrogen-bond acceptors (Lipinski definition) is 6. The van der Waals surface area contributed by atoms with Crippen LogP contribution in [0.5, 0.6) is 5.75 Å². The molecule has 1 heterocycles. The molecule has 0 aliphatic heterocycles. The number of halogens is 4. The Balaban J connectivity index is 2.33. The fourth-order valence-electron chi connectivity index (χ4n) is 2.47. The molecule has 2 aromatic rings. The quantitative estimate of drug-likeness (QED) is 0.453. The third-order valence-corrected chi connectivity index (χ3v) is 3.98. The van der Waals surface area contributed by atoms with Crippen LogP contribution in [0.1, 0.15) is 23.7 Å². The smallest absolute Gasteiger partial charge is 0.406 e. The predicted molar refractivity (Wildman–Crippen MR) is 101 cm³/mol. The molecule has 0 spiro atoms. The largest absolute Gasteiger partial charge is 0.573 e. The highest BCUT2D eigenvalue weighted by Crippen LogP contribution is 2.28. The number of ether oxygens (including phenoxy) is 1. The van der Waals surface area contributed by atoms with Crippen LogP contribution in [0.15, 0.2) is 30.3 Å². The first kappa shape index (κ1) is 22.7. The van der Waals surface area contributed by atoms with Crippen molar-refractivity contribution in [1.82, 2.24) is 4.98 Å². The Morgan fingerprint density at radius 2 is 1.90 bits per heavy atom. The van der Waals surface area contributed by atoms with E-state index in [0.717, 1.165) is 18.2 Å². The monoisotopic (exact) mass is 429 g/mol. The van der Waals surface area contributed by atoms with Crippen molar-refractivity contribution in [3.05, 3.63) is 41.7 Å². The van der Waals surface area contributed by atoms with Gasteiger partial charge in [-0.3, -0.25) is 9.59 Å². The molecule has 0 saturated heterocycles. The van der Waals surface area contributed by atoms with E-state index in [9.17, 15) is 27.2 Å². The van der Waals surface area contributed by atoms with Crippen molar-refractivity contribution >= 4 is 29.1 Å². The molecule has 6 N–H and O–H groups in total. The third-order valence-electron chi connectivity index (χ3n) is 3.98. The standard InChI is InChI=1S/C18H19F4N5O3/c1-2-9(14(23)28)8-25-17-13(19)7-12(15(24)29)16(27-17)26-10-4-3-5-11(6-10)30-18(20,21)22/h3-7,9H,2,8H2,1H3,(H2,23,28)(H2,24,29)(H2,25,26,27)/t9-/m0/s1. The molecule has 1 aromatic carbocycles. The number of pyridine rings is 1. The second kappa shape index (κ2) is 9.29. The number of anilines is 3. The van der Waals surface area contributed by atoms with Crippen molar-refractivity contribution in [2.45, 2.75) is 19.7 Å². The summed E-state index contributed by atoms with van der Waals surface area (Å²) in [4.78, 5) is 26.9. The number of aromatic nitrogens is 1. The van der Waals surface area contributed by atoms with E-state index in [2.05, 4.69) is 20.4 Å². The van der Waals surface area contributed by atoms with Gasteiger partial charge in [0, 0.05) is 18.3 Å². The molecule has 1 atom stereocenters. The summed E-state index contributed by atoms with van der Waals surface area (Å²) in [7, 11) is 0.